The van der Waals surface area contributed by atoms with Crippen molar-refractivity contribution < 1.29 is 0 Å². The molecular weight excluding hydrogens is 671 g/mol. The zero-order valence-electron chi connectivity index (χ0n) is 31.0. The number of hydrogen-bond acceptors (Lipinski definition) is 4. The molecule has 5 nitrogen and oxygen atoms in total. The van der Waals surface area contributed by atoms with Crippen LogP contribution in [0.1, 0.15) is 54.8 Å². The zero-order chi connectivity index (χ0) is 37.5. The van der Waals surface area contributed by atoms with Gasteiger partial charge in [-0.2, -0.15) is 5.26 Å². The third-order valence-corrected chi connectivity index (χ3v) is 10.4. The molecule has 1 aromatic heterocycles. The standard InChI is InChI=1S/C50H39N5/c1-50(2,3)39-25-27-45-43(31-39)42-28-33(32-51)24-26-44(42)55(45)46-40(34-16-8-4-9-17-34)29-38(30-41(46)35-18-10-5-11-19-35)49-53-47(36-20-12-6-13-21-36)52-48(54-49)37-22-14-7-15-23-37/h4-31,47H,1-3H3,(H,52,53,54). The van der Waals surface area contributed by atoms with Crippen LogP contribution in [0, 0.1) is 11.3 Å². The lowest BCUT2D eigenvalue weighted by Gasteiger charge is -2.26. The fourth-order valence-corrected chi connectivity index (χ4v) is 7.61. The van der Waals surface area contributed by atoms with Crippen molar-refractivity contribution in [3.8, 4) is 34.0 Å². The number of aliphatic imine (C=N–C) groups is 2. The van der Waals surface area contributed by atoms with Gasteiger partial charge in [0.15, 0.2) is 5.84 Å². The quantitative estimate of drug-likeness (QED) is 0.187. The molecule has 1 N–H and O–H groups in total. The Morgan fingerprint density at radius 1 is 0.582 bits per heavy atom. The van der Waals surface area contributed by atoms with E-state index in [0.717, 1.165) is 72.3 Å². The van der Waals surface area contributed by atoms with Crippen LogP contribution in [0.3, 0.4) is 0 Å². The Morgan fingerprint density at radius 2 is 1.11 bits per heavy atom. The van der Waals surface area contributed by atoms with Crippen LogP contribution >= 0.6 is 0 Å². The summed E-state index contributed by atoms with van der Waals surface area (Å²) < 4.78 is 2.40. The first-order chi connectivity index (χ1) is 26.9. The van der Waals surface area contributed by atoms with Gasteiger partial charge in [0.2, 0.25) is 0 Å². The number of nitrogens with one attached hydrogen (secondary N) is 1. The van der Waals surface area contributed by atoms with Gasteiger partial charge in [-0.1, -0.05) is 148 Å². The summed E-state index contributed by atoms with van der Waals surface area (Å²) in [6.07, 6.45) is -0.326. The highest BCUT2D eigenvalue weighted by Crippen LogP contribution is 2.43. The summed E-state index contributed by atoms with van der Waals surface area (Å²) in [5.74, 6) is 1.43. The van der Waals surface area contributed by atoms with E-state index < -0.39 is 0 Å². The van der Waals surface area contributed by atoms with Gasteiger partial charge in [-0.05, 0) is 70.1 Å². The number of benzene rings is 7. The van der Waals surface area contributed by atoms with Crippen molar-refractivity contribution >= 4 is 33.5 Å². The Morgan fingerprint density at radius 3 is 1.67 bits per heavy atom. The topological polar surface area (TPSA) is 65.5 Å². The minimum Gasteiger partial charge on any atom is -0.344 e. The molecule has 1 unspecified atom stereocenters. The number of nitriles is 1. The van der Waals surface area contributed by atoms with Crippen molar-refractivity contribution in [3.05, 3.63) is 198 Å². The molecule has 9 rings (SSSR count). The van der Waals surface area contributed by atoms with Gasteiger partial charge in [0.25, 0.3) is 0 Å². The van der Waals surface area contributed by atoms with Crippen molar-refractivity contribution in [3.63, 3.8) is 0 Å². The molecule has 0 aliphatic carbocycles. The summed E-state index contributed by atoms with van der Waals surface area (Å²) in [6.45, 7) is 6.73. The van der Waals surface area contributed by atoms with E-state index in [9.17, 15) is 5.26 Å². The number of nitrogens with zero attached hydrogens (tertiary/aromatic N) is 4. The molecule has 2 heterocycles. The van der Waals surface area contributed by atoms with Gasteiger partial charge in [0.05, 0.1) is 28.4 Å². The van der Waals surface area contributed by atoms with Crippen LogP contribution in [0.4, 0.5) is 0 Å². The van der Waals surface area contributed by atoms with Crippen LogP contribution in [-0.2, 0) is 5.41 Å². The lowest BCUT2D eigenvalue weighted by molar-refractivity contribution is 0.591. The van der Waals surface area contributed by atoms with Crippen molar-refractivity contribution in [1.29, 1.82) is 5.26 Å². The van der Waals surface area contributed by atoms with Crippen molar-refractivity contribution in [2.75, 3.05) is 0 Å². The van der Waals surface area contributed by atoms with Gasteiger partial charge < -0.3 is 9.88 Å². The molecule has 5 heteroatoms. The van der Waals surface area contributed by atoms with Crippen LogP contribution < -0.4 is 5.32 Å². The molecule has 0 bridgehead atoms. The second-order valence-electron chi connectivity index (χ2n) is 15.0. The monoisotopic (exact) mass is 709 g/mol. The number of fused-ring (bicyclic) bond motifs is 3. The van der Waals surface area contributed by atoms with E-state index in [4.69, 9.17) is 9.98 Å². The normalized spacial score (nSPS) is 14.3. The predicted molar refractivity (Wildman–Crippen MR) is 227 cm³/mol. The highest BCUT2D eigenvalue weighted by molar-refractivity contribution is 6.15. The first-order valence-electron chi connectivity index (χ1n) is 18.7. The molecule has 1 atom stereocenters. The minimum atomic E-state index is -0.326. The summed E-state index contributed by atoms with van der Waals surface area (Å²) in [5, 5.41) is 15.9. The number of rotatable bonds is 6. The van der Waals surface area contributed by atoms with Gasteiger partial charge in [-0.15, -0.1) is 0 Å². The SMILES string of the molecule is CC(C)(C)c1ccc2c(c1)c1cc(C#N)ccc1n2-c1c(-c2ccccc2)cc(C2=NC(c3ccccc3)=NC(c3ccccc3)N2)cc1-c1ccccc1. The average Bonchev–Trinajstić information content (AvgIpc) is 3.56. The molecule has 0 saturated carbocycles. The zero-order valence-corrected chi connectivity index (χ0v) is 31.0. The second-order valence-corrected chi connectivity index (χ2v) is 15.0. The highest BCUT2D eigenvalue weighted by atomic mass is 15.2. The molecular formula is C50H39N5. The second kappa shape index (κ2) is 13.7. The Hall–Kier alpha value is -7.03. The summed E-state index contributed by atoms with van der Waals surface area (Å²) in [4.78, 5) is 10.3. The Kier molecular flexibility index (Phi) is 8.44. The Labute approximate surface area is 321 Å². The van der Waals surface area contributed by atoms with E-state index in [1.165, 1.54) is 5.56 Å². The van der Waals surface area contributed by atoms with Crippen molar-refractivity contribution in [1.82, 2.24) is 9.88 Å². The van der Waals surface area contributed by atoms with Crippen LogP contribution in [0.2, 0.25) is 0 Å². The van der Waals surface area contributed by atoms with Crippen molar-refractivity contribution in [2.45, 2.75) is 32.4 Å². The number of aromatic nitrogens is 1. The average molecular weight is 710 g/mol. The summed E-state index contributed by atoms with van der Waals surface area (Å²) >= 11 is 0. The number of hydrogen-bond donors (Lipinski definition) is 1. The highest BCUT2D eigenvalue weighted by Gasteiger charge is 2.26. The Balaban J connectivity index is 1.37. The summed E-state index contributed by atoms with van der Waals surface area (Å²) in [6, 6.07) is 61.5. The fraction of sp³-hybridized carbons (Fsp3) is 0.100. The molecule has 55 heavy (non-hydrogen) atoms. The molecule has 1 aliphatic rings. The van der Waals surface area contributed by atoms with Crippen LogP contribution in [0.25, 0.3) is 49.7 Å². The molecule has 8 aromatic rings. The van der Waals surface area contributed by atoms with Crippen LogP contribution in [0.15, 0.2) is 180 Å². The fourth-order valence-electron chi connectivity index (χ4n) is 7.61. The van der Waals surface area contributed by atoms with Gasteiger partial charge in [-0.25, -0.2) is 9.98 Å². The molecule has 0 saturated heterocycles. The summed E-state index contributed by atoms with van der Waals surface area (Å²) in [7, 11) is 0. The van der Waals surface area contributed by atoms with E-state index in [-0.39, 0.29) is 11.6 Å². The first kappa shape index (κ1) is 33.8. The summed E-state index contributed by atoms with van der Waals surface area (Å²) in [5.41, 5.74) is 12.3. The number of amidine groups is 2. The van der Waals surface area contributed by atoms with Gasteiger partial charge in [-0.3, -0.25) is 0 Å². The predicted octanol–water partition coefficient (Wildman–Crippen LogP) is 11.8. The van der Waals surface area contributed by atoms with Gasteiger partial charge >= 0.3 is 0 Å². The van der Waals surface area contributed by atoms with Gasteiger partial charge in [0, 0.05) is 33.0 Å². The van der Waals surface area contributed by atoms with E-state index in [1.807, 2.05) is 48.5 Å². The molecule has 0 fully saturated rings. The third kappa shape index (κ3) is 6.28. The lowest BCUT2D eigenvalue weighted by atomic mass is 9.86. The van der Waals surface area contributed by atoms with Crippen LogP contribution in [0.5, 0.6) is 0 Å². The van der Waals surface area contributed by atoms with E-state index in [1.54, 1.807) is 0 Å². The third-order valence-electron chi connectivity index (χ3n) is 10.4. The molecule has 0 spiro atoms. The van der Waals surface area contributed by atoms with E-state index >= 15 is 0 Å². The molecule has 7 aromatic carbocycles. The molecule has 0 amide bonds. The van der Waals surface area contributed by atoms with Crippen LogP contribution in [-0.4, -0.2) is 16.2 Å². The van der Waals surface area contributed by atoms with Crippen molar-refractivity contribution in [2.24, 2.45) is 9.98 Å². The Bertz CT molecular complexity index is 2740. The maximum atomic E-state index is 10.0. The van der Waals surface area contributed by atoms with Gasteiger partial charge in [0.1, 0.15) is 12.0 Å². The van der Waals surface area contributed by atoms with E-state index in [2.05, 4.69) is 158 Å². The van der Waals surface area contributed by atoms with E-state index in [0.29, 0.717) is 11.4 Å². The lowest BCUT2D eigenvalue weighted by Crippen LogP contribution is -2.33. The first-order valence-corrected chi connectivity index (χ1v) is 18.7. The maximum Gasteiger partial charge on any atom is 0.159 e. The molecule has 1 aliphatic heterocycles. The largest absolute Gasteiger partial charge is 0.344 e. The molecule has 264 valence electrons. The molecule has 0 radical (unpaired) electrons. The maximum absolute atomic E-state index is 10.0. The smallest absolute Gasteiger partial charge is 0.159 e. The minimum absolute atomic E-state index is 0.0469.